The van der Waals surface area contributed by atoms with Gasteiger partial charge in [-0.25, -0.2) is 0 Å². The van der Waals surface area contributed by atoms with Gasteiger partial charge < -0.3 is 8.98 Å². The van der Waals surface area contributed by atoms with E-state index in [0.717, 1.165) is 33.5 Å². The third-order valence-electron chi connectivity index (χ3n) is 4.31. The third-order valence-corrected chi connectivity index (χ3v) is 5.20. The summed E-state index contributed by atoms with van der Waals surface area (Å²) in [5.74, 6) is 0.590. The molecule has 0 spiro atoms. The number of benzene rings is 2. The predicted molar refractivity (Wildman–Crippen MR) is 106 cm³/mol. The number of hydrogen-bond donors (Lipinski definition) is 1. The monoisotopic (exact) mass is 422 g/mol. The molecule has 0 fully saturated rings. The summed E-state index contributed by atoms with van der Waals surface area (Å²) in [6.45, 7) is 0. The van der Waals surface area contributed by atoms with Gasteiger partial charge in [-0.1, -0.05) is 0 Å². The number of rotatable bonds is 4. The van der Waals surface area contributed by atoms with Crippen LogP contribution in [0.5, 0.6) is 0 Å². The highest BCUT2D eigenvalue weighted by molar-refractivity contribution is 7.97. The molecule has 8 heteroatoms. The number of nitrogens with one attached hydrogen (secondary N) is 1. The van der Waals surface area contributed by atoms with Crippen molar-refractivity contribution in [3.05, 3.63) is 71.6 Å². The van der Waals surface area contributed by atoms with Crippen LogP contribution in [0.1, 0.15) is 5.56 Å². The molecule has 4 aromatic rings. The van der Waals surface area contributed by atoms with Gasteiger partial charge in [0.15, 0.2) is 5.22 Å². The highest BCUT2D eigenvalue weighted by Gasteiger charge is 2.30. The molecule has 28 heavy (non-hydrogen) atoms. The predicted octanol–water partition coefficient (Wildman–Crippen LogP) is 6.79. The van der Waals surface area contributed by atoms with Gasteiger partial charge >= 0.3 is 6.18 Å². The van der Waals surface area contributed by atoms with Crippen molar-refractivity contribution in [2.45, 2.75) is 11.1 Å². The van der Waals surface area contributed by atoms with Crippen molar-refractivity contribution in [2.75, 3.05) is 7.05 Å². The zero-order valence-electron chi connectivity index (χ0n) is 14.5. The van der Waals surface area contributed by atoms with Crippen LogP contribution < -0.4 is 4.72 Å². The van der Waals surface area contributed by atoms with E-state index in [1.807, 2.05) is 36.0 Å². The molecular formula is C20H14ClF3N2OS. The SMILES string of the molecule is CNSc1ccc2c(c1)c(-c1ccc(Cl)o1)cn2-c1ccc(C(F)(F)F)cc1. The van der Waals surface area contributed by atoms with Gasteiger partial charge in [-0.3, -0.25) is 4.72 Å². The second-order valence-electron chi connectivity index (χ2n) is 6.05. The van der Waals surface area contributed by atoms with Gasteiger partial charge in [-0.05, 0) is 85.2 Å². The van der Waals surface area contributed by atoms with Crippen molar-refractivity contribution in [1.29, 1.82) is 0 Å². The smallest absolute Gasteiger partial charge is 0.416 e. The fraction of sp³-hybridized carbons (Fsp3) is 0.100. The molecule has 0 aliphatic rings. The van der Waals surface area contributed by atoms with Crippen molar-refractivity contribution in [3.8, 4) is 17.0 Å². The van der Waals surface area contributed by atoms with Gasteiger partial charge in [-0.15, -0.1) is 0 Å². The largest absolute Gasteiger partial charge is 0.445 e. The van der Waals surface area contributed by atoms with E-state index in [1.54, 1.807) is 12.1 Å². The molecule has 2 heterocycles. The number of nitrogens with zero attached hydrogens (tertiary/aromatic N) is 1. The molecule has 144 valence electrons. The fourth-order valence-corrected chi connectivity index (χ4v) is 3.77. The number of furan rings is 1. The molecule has 2 aromatic carbocycles. The Morgan fingerprint density at radius 2 is 1.79 bits per heavy atom. The highest BCUT2D eigenvalue weighted by atomic mass is 35.5. The quantitative estimate of drug-likeness (QED) is 0.367. The van der Waals surface area contributed by atoms with Crippen molar-refractivity contribution >= 4 is 34.5 Å². The Morgan fingerprint density at radius 1 is 1.04 bits per heavy atom. The van der Waals surface area contributed by atoms with Crippen molar-refractivity contribution in [2.24, 2.45) is 0 Å². The standard InChI is InChI=1S/C20H14ClF3N2OS/c1-25-28-14-6-7-17-15(10-14)16(18-8-9-19(21)27-18)11-26(17)13-4-2-12(3-5-13)20(22,23)24/h2-11,25H,1H3. The summed E-state index contributed by atoms with van der Waals surface area (Å²) in [7, 11) is 1.83. The molecule has 0 aliphatic carbocycles. The van der Waals surface area contributed by atoms with Crippen molar-refractivity contribution < 1.29 is 17.6 Å². The van der Waals surface area contributed by atoms with E-state index in [2.05, 4.69) is 4.72 Å². The maximum atomic E-state index is 12.9. The van der Waals surface area contributed by atoms with Crippen LogP contribution in [-0.4, -0.2) is 11.6 Å². The summed E-state index contributed by atoms with van der Waals surface area (Å²) in [5, 5.41) is 1.18. The average Bonchev–Trinajstić information content (AvgIpc) is 3.25. The number of halogens is 4. The lowest BCUT2D eigenvalue weighted by Gasteiger charge is -2.09. The Hall–Kier alpha value is -2.35. The average molecular weight is 423 g/mol. The molecule has 0 atom stereocenters. The molecule has 0 bridgehead atoms. The molecule has 2 aromatic heterocycles. The van der Waals surface area contributed by atoms with E-state index in [1.165, 1.54) is 24.1 Å². The lowest BCUT2D eigenvalue weighted by Crippen LogP contribution is -2.04. The number of fused-ring (bicyclic) bond motifs is 1. The van der Waals surface area contributed by atoms with E-state index < -0.39 is 11.7 Å². The lowest BCUT2D eigenvalue weighted by molar-refractivity contribution is -0.137. The summed E-state index contributed by atoms with van der Waals surface area (Å²) in [5.41, 5.74) is 1.59. The molecule has 1 N–H and O–H groups in total. The minimum atomic E-state index is -4.37. The van der Waals surface area contributed by atoms with Gasteiger partial charge in [0.1, 0.15) is 5.76 Å². The zero-order chi connectivity index (χ0) is 19.9. The van der Waals surface area contributed by atoms with Gasteiger partial charge in [0.2, 0.25) is 0 Å². The Labute approximate surface area is 168 Å². The first-order valence-electron chi connectivity index (χ1n) is 8.29. The fourth-order valence-electron chi connectivity index (χ4n) is 3.07. The maximum Gasteiger partial charge on any atom is 0.416 e. The summed E-state index contributed by atoms with van der Waals surface area (Å²) < 4.78 is 49.1. The summed E-state index contributed by atoms with van der Waals surface area (Å²) in [4.78, 5) is 0.999. The molecular weight excluding hydrogens is 409 g/mol. The van der Waals surface area contributed by atoms with Crippen LogP contribution in [0.4, 0.5) is 13.2 Å². The molecule has 0 aliphatic heterocycles. The molecule has 0 amide bonds. The summed E-state index contributed by atoms with van der Waals surface area (Å²) in [6, 6.07) is 14.4. The molecule has 0 unspecified atom stereocenters. The van der Waals surface area contributed by atoms with E-state index >= 15 is 0 Å². The Kier molecular flexibility index (Phi) is 4.91. The van der Waals surface area contributed by atoms with E-state index in [-0.39, 0.29) is 5.22 Å². The van der Waals surface area contributed by atoms with Gasteiger partial charge in [0, 0.05) is 27.7 Å². The minimum absolute atomic E-state index is 0.270. The number of alkyl halides is 3. The van der Waals surface area contributed by atoms with Crippen LogP contribution in [0.15, 0.2) is 70.1 Å². The van der Waals surface area contributed by atoms with Crippen LogP contribution >= 0.6 is 23.5 Å². The zero-order valence-corrected chi connectivity index (χ0v) is 16.1. The molecule has 3 nitrogen and oxygen atoms in total. The normalized spacial score (nSPS) is 12.0. The second kappa shape index (κ2) is 7.24. The van der Waals surface area contributed by atoms with Crippen molar-refractivity contribution in [3.63, 3.8) is 0 Å². The van der Waals surface area contributed by atoms with E-state index in [9.17, 15) is 13.2 Å². The lowest BCUT2D eigenvalue weighted by atomic mass is 10.1. The Balaban J connectivity index is 1.89. The first kappa shape index (κ1) is 19.0. The Morgan fingerprint density at radius 3 is 2.39 bits per heavy atom. The first-order valence-corrected chi connectivity index (χ1v) is 9.48. The number of aromatic nitrogens is 1. The molecule has 4 rings (SSSR count). The molecule has 0 saturated carbocycles. The van der Waals surface area contributed by atoms with Gasteiger partial charge in [0.05, 0.1) is 11.1 Å². The number of hydrogen-bond acceptors (Lipinski definition) is 3. The summed E-state index contributed by atoms with van der Waals surface area (Å²) in [6.07, 6.45) is -2.52. The molecule has 0 radical (unpaired) electrons. The van der Waals surface area contributed by atoms with E-state index in [4.69, 9.17) is 16.0 Å². The van der Waals surface area contributed by atoms with Crippen molar-refractivity contribution in [1.82, 2.24) is 9.29 Å². The second-order valence-corrected chi connectivity index (χ2v) is 7.50. The topological polar surface area (TPSA) is 30.1 Å². The van der Waals surface area contributed by atoms with Gasteiger partial charge in [0.25, 0.3) is 0 Å². The summed E-state index contributed by atoms with van der Waals surface area (Å²) >= 11 is 7.40. The van der Waals surface area contributed by atoms with Crippen LogP contribution in [0.3, 0.4) is 0 Å². The molecule has 0 saturated heterocycles. The Bertz CT molecular complexity index is 1130. The van der Waals surface area contributed by atoms with Crippen LogP contribution in [0, 0.1) is 0 Å². The third kappa shape index (κ3) is 3.53. The van der Waals surface area contributed by atoms with Crippen LogP contribution in [0.2, 0.25) is 5.22 Å². The van der Waals surface area contributed by atoms with E-state index in [0.29, 0.717) is 11.4 Å². The van der Waals surface area contributed by atoms with Crippen LogP contribution in [0.25, 0.3) is 27.9 Å². The maximum absolute atomic E-state index is 12.9. The van der Waals surface area contributed by atoms with Crippen LogP contribution in [-0.2, 0) is 6.18 Å². The first-order chi connectivity index (χ1) is 13.4. The van der Waals surface area contributed by atoms with Gasteiger partial charge in [-0.2, -0.15) is 13.2 Å². The highest BCUT2D eigenvalue weighted by Crippen LogP contribution is 2.37. The minimum Gasteiger partial charge on any atom is -0.445 e.